The maximum absolute atomic E-state index is 5.54. The number of fused-ring (bicyclic) bond motifs is 1. The molecule has 2 aromatic heterocycles. The number of pyridine rings is 1. The van der Waals surface area contributed by atoms with E-state index in [1.807, 2.05) is 12.3 Å². The van der Waals surface area contributed by atoms with Crippen molar-refractivity contribution in [1.29, 1.82) is 0 Å². The molecule has 5 heteroatoms. The average Bonchev–Trinajstić information content (AvgIpc) is 2.96. The van der Waals surface area contributed by atoms with E-state index in [9.17, 15) is 0 Å². The first-order chi connectivity index (χ1) is 11.3. The molecule has 0 bridgehead atoms. The molecule has 0 atom stereocenters. The van der Waals surface area contributed by atoms with Crippen molar-refractivity contribution in [2.24, 2.45) is 5.92 Å². The summed E-state index contributed by atoms with van der Waals surface area (Å²) in [5, 5.41) is 0. The monoisotopic (exact) mass is 314 g/mol. The van der Waals surface area contributed by atoms with Gasteiger partial charge in [-0.3, -0.25) is 0 Å². The number of rotatable bonds is 3. The largest absolute Gasteiger partial charge is 0.381 e. The third-order valence-corrected chi connectivity index (χ3v) is 5.40. The lowest BCUT2D eigenvalue weighted by Crippen LogP contribution is -2.32. The predicted octanol–water partition coefficient (Wildman–Crippen LogP) is 2.67. The van der Waals surface area contributed by atoms with Crippen LogP contribution in [-0.4, -0.2) is 52.8 Å². The number of imidazole rings is 1. The van der Waals surface area contributed by atoms with E-state index in [-0.39, 0.29) is 0 Å². The molecular weight excluding hydrogens is 288 g/mol. The molecule has 0 unspecified atom stereocenters. The molecule has 0 spiro atoms. The van der Waals surface area contributed by atoms with Crippen LogP contribution < -0.4 is 0 Å². The molecule has 5 nitrogen and oxygen atoms in total. The molecule has 0 aromatic carbocycles. The fourth-order valence-electron chi connectivity index (χ4n) is 3.93. The second kappa shape index (κ2) is 6.57. The Bertz CT molecular complexity index is 654. The zero-order valence-corrected chi connectivity index (χ0v) is 13.9. The van der Waals surface area contributed by atoms with E-state index in [1.165, 1.54) is 31.8 Å². The van der Waals surface area contributed by atoms with Crippen molar-refractivity contribution in [2.45, 2.75) is 38.1 Å². The van der Waals surface area contributed by atoms with Gasteiger partial charge < -0.3 is 14.2 Å². The van der Waals surface area contributed by atoms with E-state index in [0.717, 1.165) is 49.7 Å². The Labute approximate surface area is 137 Å². The number of aromatic nitrogens is 3. The fraction of sp³-hybridized carbons (Fsp3) is 0.667. The molecule has 4 heterocycles. The van der Waals surface area contributed by atoms with Gasteiger partial charge in [0, 0.05) is 31.9 Å². The molecule has 2 aliphatic heterocycles. The second-order valence-electron chi connectivity index (χ2n) is 7.06. The van der Waals surface area contributed by atoms with E-state index in [4.69, 9.17) is 9.72 Å². The van der Waals surface area contributed by atoms with E-state index >= 15 is 0 Å². The molecule has 2 fully saturated rings. The summed E-state index contributed by atoms with van der Waals surface area (Å²) in [4.78, 5) is 12.0. The lowest BCUT2D eigenvalue weighted by molar-refractivity contribution is 0.0825. The number of likely N-dealkylation sites (tertiary alicyclic amines) is 1. The summed E-state index contributed by atoms with van der Waals surface area (Å²) in [6, 6.07) is 4.08. The van der Waals surface area contributed by atoms with E-state index in [2.05, 4.69) is 27.6 Å². The summed E-state index contributed by atoms with van der Waals surface area (Å²) < 4.78 is 7.96. The Hall–Kier alpha value is -1.46. The summed E-state index contributed by atoms with van der Waals surface area (Å²) in [6.45, 7) is 5.19. The molecule has 2 aliphatic rings. The van der Waals surface area contributed by atoms with E-state index in [0.29, 0.717) is 5.92 Å². The van der Waals surface area contributed by atoms with Crippen molar-refractivity contribution < 1.29 is 4.74 Å². The minimum Gasteiger partial charge on any atom is -0.381 e. The van der Waals surface area contributed by atoms with Crippen LogP contribution in [0.2, 0.25) is 0 Å². The summed E-state index contributed by atoms with van der Waals surface area (Å²) >= 11 is 0. The zero-order valence-electron chi connectivity index (χ0n) is 13.9. The molecule has 2 aromatic rings. The number of piperidine rings is 1. The Morgan fingerprint density at radius 2 is 1.96 bits per heavy atom. The van der Waals surface area contributed by atoms with Crippen LogP contribution in [0.4, 0.5) is 0 Å². The van der Waals surface area contributed by atoms with Gasteiger partial charge in [0.2, 0.25) is 0 Å². The normalized spacial score (nSPS) is 22.0. The molecule has 0 saturated carbocycles. The van der Waals surface area contributed by atoms with Crippen LogP contribution in [0, 0.1) is 5.92 Å². The Morgan fingerprint density at radius 1 is 1.17 bits per heavy atom. The van der Waals surface area contributed by atoms with Gasteiger partial charge >= 0.3 is 0 Å². The molecule has 0 aliphatic carbocycles. The first-order valence-corrected chi connectivity index (χ1v) is 8.88. The maximum Gasteiger partial charge on any atom is 0.159 e. The number of ether oxygens (including phenoxy) is 1. The van der Waals surface area contributed by atoms with Gasteiger partial charge in [-0.25, -0.2) is 9.97 Å². The molecule has 0 amide bonds. The second-order valence-corrected chi connectivity index (χ2v) is 7.06. The van der Waals surface area contributed by atoms with Gasteiger partial charge in [-0.1, -0.05) is 0 Å². The van der Waals surface area contributed by atoms with Gasteiger partial charge in [0.15, 0.2) is 5.65 Å². The quantitative estimate of drug-likeness (QED) is 0.873. The van der Waals surface area contributed by atoms with Crippen LogP contribution >= 0.6 is 0 Å². The zero-order chi connectivity index (χ0) is 15.6. The first kappa shape index (κ1) is 15.1. The Morgan fingerprint density at radius 3 is 2.74 bits per heavy atom. The third-order valence-electron chi connectivity index (χ3n) is 5.40. The minimum atomic E-state index is 0.518. The van der Waals surface area contributed by atoms with Crippen LogP contribution in [-0.2, 0) is 11.3 Å². The van der Waals surface area contributed by atoms with Gasteiger partial charge in [0.1, 0.15) is 11.3 Å². The molecule has 23 heavy (non-hydrogen) atoms. The van der Waals surface area contributed by atoms with Crippen molar-refractivity contribution in [3.05, 3.63) is 24.2 Å². The van der Waals surface area contributed by atoms with Crippen molar-refractivity contribution in [2.75, 3.05) is 33.4 Å². The van der Waals surface area contributed by atoms with Crippen molar-refractivity contribution in [3.63, 3.8) is 0 Å². The standard InChI is InChI=1S/C18H26N4O/c1-21-9-4-14(5-10-21)13-22-17(15-6-11-23-12-7-15)20-16-3-2-8-19-18(16)22/h2-3,8,14-15H,4-7,9-13H2,1H3. The van der Waals surface area contributed by atoms with Crippen molar-refractivity contribution >= 4 is 11.2 Å². The fourth-order valence-corrected chi connectivity index (χ4v) is 3.93. The van der Waals surface area contributed by atoms with Crippen LogP contribution in [0.1, 0.15) is 37.4 Å². The number of hydrogen-bond acceptors (Lipinski definition) is 4. The summed E-state index contributed by atoms with van der Waals surface area (Å²) in [6.07, 6.45) is 6.60. The van der Waals surface area contributed by atoms with Gasteiger partial charge in [-0.05, 0) is 63.9 Å². The average molecular weight is 314 g/mol. The van der Waals surface area contributed by atoms with Gasteiger partial charge in [-0.2, -0.15) is 0 Å². The smallest absolute Gasteiger partial charge is 0.159 e. The van der Waals surface area contributed by atoms with Crippen LogP contribution in [0.25, 0.3) is 11.2 Å². The Balaban J connectivity index is 1.65. The summed E-state index contributed by atoms with van der Waals surface area (Å²) in [5.41, 5.74) is 2.11. The molecule has 2 saturated heterocycles. The van der Waals surface area contributed by atoms with Gasteiger partial charge in [0.25, 0.3) is 0 Å². The van der Waals surface area contributed by atoms with Gasteiger partial charge in [0.05, 0.1) is 0 Å². The third kappa shape index (κ3) is 3.12. The van der Waals surface area contributed by atoms with Crippen LogP contribution in [0.3, 0.4) is 0 Å². The highest BCUT2D eigenvalue weighted by Crippen LogP contribution is 2.30. The molecule has 4 rings (SSSR count). The van der Waals surface area contributed by atoms with Crippen LogP contribution in [0.5, 0.6) is 0 Å². The first-order valence-electron chi connectivity index (χ1n) is 8.88. The molecule has 0 radical (unpaired) electrons. The van der Waals surface area contributed by atoms with Crippen molar-refractivity contribution in [3.8, 4) is 0 Å². The molecule has 0 N–H and O–H groups in total. The van der Waals surface area contributed by atoms with Gasteiger partial charge in [-0.15, -0.1) is 0 Å². The highest BCUT2D eigenvalue weighted by Gasteiger charge is 2.25. The molecule has 124 valence electrons. The molecular formula is C18H26N4O. The predicted molar refractivity (Wildman–Crippen MR) is 90.5 cm³/mol. The summed E-state index contributed by atoms with van der Waals surface area (Å²) in [7, 11) is 2.22. The maximum atomic E-state index is 5.54. The highest BCUT2D eigenvalue weighted by molar-refractivity contribution is 5.71. The van der Waals surface area contributed by atoms with Crippen LogP contribution in [0.15, 0.2) is 18.3 Å². The summed E-state index contributed by atoms with van der Waals surface area (Å²) in [5.74, 6) is 2.49. The Kier molecular flexibility index (Phi) is 4.31. The van der Waals surface area contributed by atoms with Crippen molar-refractivity contribution in [1.82, 2.24) is 19.4 Å². The SMILES string of the molecule is CN1CCC(Cn2c(C3CCOCC3)nc3cccnc32)CC1. The van der Waals surface area contributed by atoms with E-state index in [1.54, 1.807) is 0 Å². The lowest BCUT2D eigenvalue weighted by atomic mass is 9.95. The van der Waals surface area contributed by atoms with E-state index < -0.39 is 0 Å². The lowest BCUT2D eigenvalue weighted by Gasteiger charge is -2.30. The highest BCUT2D eigenvalue weighted by atomic mass is 16.5. The minimum absolute atomic E-state index is 0.518. The number of nitrogens with zero attached hydrogens (tertiary/aromatic N) is 4. The number of hydrogen-bond donors (Lipinski definition) is 0. The topological polar surface area (TPSA) is 43.2 Å².